The zero-order chi connectivity index (χ0) is 23.0. The summed E-state index contributed by atoms with van der Waals surface area (Å²) in [4.78, 5) is 12.7. The smallest absolute Gasteiger partial charge is 0.277 e. The first-order chi connectivity index (χ1) is 15.2. The van der Waals surface area contributed by atoms with Gasteiger partial charge in [0.2, 0.25) is 0 Å². The fraction of sp³-hybridized carbons (Fsp3) is 0.238. The van der Waals surface area contributed by atoms with E-state index < -0.39 is 0 Å². The first kappa shape index (κ1) is 22.6. The maximum Gasteiger partial charge on any atom is 0.277 e. The van der Waals surface area contributed by atoms with E-state index in [4.69, 9.17) is 23.2 Å². The van der Waals surface area contributed by atoms with E-state index in [0.29, 0.717) is 34.8 Å². The van der Waals surface area contributed by atoms with Crippen molar-refractivity contribution in [2.24, 2.45) is 0 Å². The topological polar surface area (TPSA) is 82.6 Å². The molecule has 0 saturated carbocycles. The third-order valence-electron chi connectivity index (χ3n) is 5.00. The summed E-state index contributed by atoms with van der Waals surface area (Å²) in [7, 11) is 0. The number of nitrogens with one attached hydrogen (secondary N) is 1. The highest BCUT2D eigenvalue weighted by Crippen LogP contribution is 2.23. The molecule has 0 aliphatic rings. The van der Waals surface area contributed by atoms with Gasteiger partial charge in [-0.05, 0) is 60.5 Å². The average Bonchev–Trinajstić information content (AvgIpc) is 3.40. The van der Waals surface area contributed by atoms with Crippen LogP contribution in [0.5, 0.6) is 0 Å². The van der Waals surface area contributed by atoms with Crippen LogP contribution in [0.3, 0.4) is 0 Å². The first-order valence-electron chi connectivity index (χ1n) is 9.74. The molecule has 4 aromatic rings. The van der Waals surface area contributed by atoms with Gasteiger partial charge in [0.25, 0.3) is 5.91 Å². The van der Waals surface area contributed by atoms with Crippen LogP contribution < -0.4 is 5.32 Å². The Hall–Kier alpha value is -2.62. The van der Waals surface area contributed by atoms with Crippen molar-refractivity contribution in [1.29, 1.82) is 0 Å². The largest absolute Gasteiger partial charge is 0.304 e. The third-order valence-corrected chi connectivity index (χ3v) is 6.74. The first-order valence-corrected chi connectivity index (χ1v) is 11.3. The van der Waals surface area contributed by atoms with Crippen LogP contribution >= 0.6 is 39.1 Å². The van der Waals surface area contributed by atoms with Crippen LogP contribution in [-0.4, -0.2) is 35.2 Å². The number of aromatic nitrogens is 6. The lowest BCUT2D eigenvalue weighted by Gasteiger charge is -2.07. The summed E-state index contributed by atoms with van der Waals surface area (Å²) in [6.07, 6.45) is 1.74. The van der Waals surface area contributed by atoms with Crippen molar-refractivity contribution in [3.63, 3.8) is 0 Å². The quantitative estimate of drug-likeness (QED) is 0.372. The second-order valence-corrected chi connectivity index (χ2v) is 9.02. The van der Waals surface area contributed by atoms with E-state index >= 15 is 0 Å². The van der Waals surface area contributed by atoms with Gasteiger partial charge in [0.05, 0.1) is 22.4 Å². The van der Waals surface area contributed by atoms with Crippen molar-refractivity contribution in [3.8, 4) is 0 Å². The number of hydrogen-bond acceptors (Lipinski definition) is 4. The lowest BCUT2D eigenvalue weighted by molar-refractivity contribution is 0.102. The minimum atomic E-state index is -0.340. The molecular weight excluding hydrogens is 517 g/mol. The Bertz CT molecular complexity index is 1310. The summed E-state index contributed by atoms with van der Waals surface area (Å²) in [6.45, 7) is 6.67. The minimum absolute atomic E-state index is 0.290. The number of carbonyl (C=O) groups is 1. The number of hydrogen-bond donors (Lipinski definition) is 1. The molecule has 0 bridgehead atoms. The summed E-state index contributed by atoms with van der Waals surface area (Å²) in [5.74, 6) is 0.0992. The summed E-state index contributed by atoms with van der Waals surface area (Å²) < 4.78 is 6.21. The van der Waals surface area contributed by atoms with Crippen molar-refractivity contribution in [3.05, 3.63) is 79.4 Å². The molecule has 0 unspecified atom stereocenters. The normalized spacial score (nSPS) is 11.2. The average molecular weight is 537 g/mol. The number of amides is 1. The maximum atomic E-state index is 12.7. The second kappa shape index (κ2) is 9.09. The minimum Gasteiger partial charge on any atom is -0.304 e. The molecule has 0 radical (unpaired) electrons. The van der Waals surface area contributed by atoms with Gasteiger partial charge < -0.3 is 5.32 Å². The molecule has 0 saturated heterocycles. The number of aryl methyl sites for hydroxylation is 2. The molecular formula is C21H20BrCl2N7O. The summed E-state index contributed by atoms with van der Waals surface area (Å²) in [5.41, 5.74) is 3.95. The highest BCUT2D eigenvalue weighted by atomic mass is 79.9. The molecule has 3 aromatic heterocycles. The SMILES string of the molecule is Cc1nn(Cn2ccc(C(=O)Nc3cc(C)n(Cc4ccc(Cl)cc4Cl)n3)n2)c(C)c1Br. The number of nitrogens with zero attached hydrogens (tertiary/aromatic N) is 6. The lowest BCUT2D eigenvalue weighted by atomic mass is 10.2. The van der Waals surface area contributed by atoms with E-state index in [0.717, 1.165) is 27.1 Å². The fourth-order valence-corrected chi connectivity index (χ4v) is 3.99. The molecule has 4 rings (SSSR count). The van der Waals surface area contributed by atoms with Gasteiger partial charge in [-0.1, -0.05) is 29.3 Å². The van der Waals surface area contributed by atoms with Gasteiger partial charge in [-0.2, -0.15) is 15.3 Å². The lowest BCUT2D eigenvalue weighted by Crippen LogP contribution is -2.16. The number of rotatable bonds is 6. The number of benzene rings is 1. The molecule has 0 fully saturated rings. The number of halogens is 3. The Balaban J connectivity index is 1.44. The molecule has 11 heteroatoms. The molecule has 166 valence electrons. The molecule has 0 aliphatic heterocycles. The van der Waals surface area contributed by atoms with Gasteiger partial charge in [-0.3, -0.25) is 14.2 Å². The number of carbonyl (C=O) groups excluding carboxylic acids is 1. The molecule has 0 spiro atoms. The Morgan fingerprint density at radius 1 is 1.06 bits per heavy atom. The van der Waals surface area contributed by atoms with Crippen LogP contribution in [0.1, 0.15) is 33.1 Å². The van der Waals surface area contributed by atoms with E-state index in [2.05, 4.69) is 36.5 Å². The van der Waals surface area contributed by atoms with Gasteiger partial charge in [-0.15, -0.1) is 0 Å². The van der Waals surface area contributed by atoms with Crippen molar-refractivity contribution in [1.82, 2.24) is 29.3 Å². The van der Waals surface area contributed by atoms with E-state index in [1.54, 1.807) is 39.8 Å². The number of anilines is 1. The van der Waals surface area contributed by atoms with Crippen molar-refractivity contribution < 1.29 is 4.79 Å². The standard InChI is InChI=1S/C21H20BrCl2N7O/c1-12-8-19(28-30(12)10-15-4-5-16(23)9-17(15)24)25-21(32)18-6-7-29(27-18)11-31-14(3)20(22)13(2)26-31/h4-9H,10-11H2,1-3H3,(H,25,28,32). The van der Waals surface area contributed by atoms with Crippen molar-refractivity contribution >= 4 is 50.9 Å². The summed E-state index contributed by atoms with van der Waals surface area (Å²) in [5, 5.41) is 17.2. The van der Waals surface area contributed by atoms with Crippen LogP contribution in [-0.2, 0) is 13.2 Å². The van der Waals surface area contributed by atoms with Crippen LogP contribution in [0.15, 0.2) is 41.0 Å². The Labute approximate surface area is 203 Å². The van der Waals surface area contributed by atoms with Gasteiger partial charge in [0.1, 0.15) is 6.67 Å². The molecule has 8 nitrogen and oxygen atoms in total. The van der Waals surface area contributed by atoms with Gasteiger partial charge >= 0.3 is 0 Å². The van der Waals surface area contributed by atoms with E-state index in [1.807, 2.05) is 31.5 Å². The zero-order valence-electron chi connectivity index (χ0n) is 17.6. The van der Waals surface area contributed by atoms with E-state index in [-0.39, 0.29) is 5.91 Å². The predicted octanol–water partition coefficient (Wildman–Crippen LogP) is 5.08. The van der Waals surface area contributed by atoms with Crippen molar-refractivity contribution in [2.75, 3.05) is 5.32 Å². The highest BCUT2D eigenvalue weighted by Gasteiger charge is 2.15. The predicted molar refractivity (Wildman–Crippen MR) is 128 cm³/mol. The fourth-order valence-electron chi connectivity index (χ4n) is 3.23. The van der Waals surface area contributed by atoms with Crippen LogP contribution in [0.2, 0.25) is 10.0 Å². The zero-order valence-corrected chi connectivity index (χ0v) is 20.7. The van der Waals surface area contributed by atoms with E-state index in [1.165, 1.54) is 0 Å². The monoisotopic (exact) mass is 535 g/mol. The van der Waals surface area contributed by atoms with E-state index in [9.17, 15) is 4.79 Å². The summed E-state index contributed by atoms with van der Waals surface area (Å²) >= 11 is 15.7. The molecule has 32 heavy (non-hydrogen) atoms. The Kier molecular flexibility index (Phi) is 6.41. The maximum absolute atomic E-state index is 12.7. The van der Waals surface area contributed by atoms with Gasteiger partial charge in [-0.25, -0.2) is 4.68 Å². The summed E-state index contributed by atoms with van der Waals surface area (Å²) in [6, 6.07) is 8.80. The highest BCUT2D eigenvalue weighted by molar-refractivity contribution is 9.10. The van der Waals surface area contributed by atoms with Crippen LogP contribution in [0.4, 0.5) is 5.82 Å². The molecule has 0 atom stereocenters. The molecule has 1 amide bonds. The molecule has 1 aromatic carbocycles. The third kappa shape index (κ3) is 4.74. The second-order valence-electron chi connectivity index (χ2n) is 7.38. The Morgan fingerprint density at radius 2 is 1.84 bits per heavy atom. The van der Waals surface area contributed by atoms with Gasteiger partial charge in [0, 0.05) is 28.0 Å². The van der Waals surface area contributed by atoms with Crippen LogP contribution in [0.25, 0.3) is 0 Å². The van der Waals surface area contributed by atoms with Crippen LogP contribution in [0, 0.1) is 20.8 Å². The van der Waals surface area contributed by atoms with Gasteiger partial charge in [0.15, 0.2) is 11.5 Å². The molecule has 1 N–H and O–H groups in total. The van der Waals surface area contributed by atoms with Crippen molar-refractivity contribution in [2.45, 2.75) is 34.0 Å². The molecule has 3 heterocycles. The molecule has 0 aliphatic carbocycles. The Morgan fingerprint density at radius 3 is 2.53 bits per heavy atom.